The summed E-state index contributed by atoms with van der Waals surface area (Å²) in [6, 6.07) is 7.74. The van der Waals surface area contributed by atoms with Gasteiger partial charge < -0.3 is 14.9 Å². The van der Waals surface area contributed by atoms with Gasteiger partial charge >= 0.3 is 6.09 Å². The Morgan fingerprint density at radius 2 is 2.19 bits per heavy atom. The number of aryl methyl sites for hydroxylation is 1. The minimum atomic E-state index is -1.15. The zero-order valence-corrected chi connectivity index (χ0v) is 14.5. The van der Waals surface area contributed by atoms with E-state index in [4.69, 9.17) is 9.63 Å². The maximum Gasteiger partial charge on any atom is 0.405 e. The largest absolute Gasteiger partial charge is 0.465 e. The maximum atomic E-state index is 10.6. The molecule has 1 aromatic carbocycles. The van der Waals surface area contributed by atoms with Crippen LogP contribution in [0.5, 0.6) is 0 Å². The van der Waals surface area contributed by atoms with Crippen LogP contribution in [0.25, 0.3) is 22.5 Å². The summed E-state index contributed by atoms with van der Waals surface area (Å²) in [6.07, 6.45) is -1.15. The monoisotopic (exact) mass is 370 g/mol. The van der Waals surface area contributed by atoms with Crippen LogP contribution in [0.15, 0.2) is 34.2 Å². The van der Waals surface area contributed by atoms with E-state index in [1.807, 2.05) is 41.3 Å². The Balaban J connectivity index is 1.70. The van der Waals surface area contributed by atoms with Crippen LogP contribution >= 0.6 is 11.3 Å². The predicted molar refractivity (Wildman–Crippen MR) is 93.8 cm³/mol. The lowest BCUT2D eigenvalue weighted by atomic mass is 10.2. The average Bonchev–Trinajstić information content (AvgIpc) is 3.33. The van der Waals surface area contributed by atoms with Crippen molar-refractivity contribution in [1.82, 2.24) is 30.2 Å². The zero-order valence-electron chi connectivity index (χ0n) is 13.7. The SMILES string of the molecule is Cc1nc(Cn2nc(-c3nc(CNC(=O)O)no3)c3ccccc32)cs1. The van der Waals surface area contributed by atoms with Gasteiger partial charge in [-0.1, -0.05) is 23.4 Å². The number of nitrogens with zero attached hydrogens (tertiary/aromatic N) is 5. The summed E-state index contributed by atoms with van der Waals surface area (Å²) >= 11 is 1.60. The summed E-state index contributed by atoms with van der Waals surface area (Å²) < 4.78 is 7.12. The number of fused-ring (bicyclic) bond motifs is 1. The Kier molecular flexibility index (Phi) is 4.09. The van der Waals surface area contributed by atoms with E-state index in [1.165, 1.54) is 0 Å². The summed E-state index contributed by atoms with van der Waals surface area (Å²) in [7, 11) is 0. The van der Waals surface area contributed by atoms with Crippen molar-refractivity contribution >= 4 is 28.3 Å². The zero-order chi connectivity index (χ0) is 18.1. The van der Waals surface area contributed by atoms with E-state index in [2.05, 4.69) is 25.5 Å². The first-order chi connectivity index (χ1) is 12.6. The molecule has 0 spiro atoms. The fourth-order valence-corrected chi connectivity index (χ4v) is 3.22. The molecule has 2 N–H and O–H groups in total. The van der Waals surface area contributed by atoms with Gasteiger partial charge in [-0.2, -0.15) is 10.1 Å². The quantitative estimate of drug-likeness (QED) is 0.554. The molecule has 0 aliphatic carbocycles. The van der Waals surface area contributed by atoms with E-state index in [0.717, 1.165) is 21.6 Å². The molecular formula is C16H14N6O3S. The molecular weight excluding hydrogens is 356 g/mol. The topological polar surface area (TPSA) is 119 Å². The van der Waals surface area contributed by atoms with Crippen molar-refractivity contribution in [2.24, 2.45) is 0 Å². The molecule has 0 saturated heterocycles. The summed E-state index contributed by atoms with van der Waals surface area (Å²) in [6.45, 7) is 2.47. The molecule has 132 valence electrons. The van der Waals surface area contributed by atoms with Crippen LogP contribution < -0.4 is 5.32 Å². The molecule has 10 heteroatoms. The number of benzene rings is 1. The molecule has 4 aromatic rings. The Hall–Kier alpha value is -3.27. The number of carbonyl (C=O) groups is 1. The van der Waals surface area contributed by atoms with Crippen molar-refractivity contribution in [3.8, 4) is 11.6 Å². The Bertz CT molecular complexity index is 1080. The smallest absolute Gasteiger partial charge is 0.405 e. The van der Waals surface area contributed by atoms with Gasteiger partial charge in [-0.05, 0) is 13.0 Å². The molecule has 0 bridgehead atoms. The third-order valence-corrected chi connectivity index (χ3v) is 4.53. The van der Waals surface area contributed by atoms with Gasteiger partial charge in [0.2, 0.25) is 0 Å². The van der Waals surface area contributed by atoms with Gasteiger partial charge in [-0.15, -0.1) is 11.3 Å². The van der Waals surface area contributed by atoms with Gasteiger partial charge in [0.1, 0.15) is 0 Å². The Labute approximate surface area is 151 Å². The van der Waals surface area contributed by atoms with Crippen LogP contribution in [-0.2, 0) is 13.1 Å². The van der Waals surface area contributed by atoms with Crippen molar-refractivity contribution in [3.05, 3.63) is 46.2 Å². The van der Waals surface area contributed by atoms with Crippen molar-refractivity contribution in [2.75, 3.05) is 0 Å². The second-order valence-corrected chi connectivity index (χ2v) is 6.62. The number of rotatable bonds is 5. The molecule has 0 radical (unpaired) electrons. The number of para-hydroxylation sites is 1. The molecule has 3 aromatic heterocycles. The molecule has 0 fully saturated rings. The van der Waals surface area contributed by atoms with Gasteiger partial charge in [0.15, 0.2) is 11.5 Å². The minimum absolute atomic E-state index is 0.0322. The normalized spacial score (nSPS) is 11.1. The molecule has 26 heavy (non-hydrogen) atoms. The third kappa shape index (κ3) is 3.14. The second-order valence-electron chi connectivity index (χ2n) is 5.56. The average molecular weight is 370 g/mol. The lowest BCUT2D eigenvalue weighted by molar-refractivity contribution is 0.193. The van der Waals surface area contributed by atoms with E-state index < -0.39 is 6.09 Å². The van der Waals surface area contributed by atoms with Crippen LogP contribution in [0.3, 0.4) is 0 Å². The van der Waals surface area contributed by atoms with Gasteiger partial charge in [0, 0.05) is 10.8 Å². The molecule has 9 nitrogen and oxygen atoms in total. The number of amides is 1. The van der Waals surface area contributed by atoms with Crippen LogP contribution in [0.2, 0.25) is 0 Å². The number of hydrogen-bond acceptors (Lipinski definition) is 7. The molecule has 0 aliphatic rings. The number of hydrogen-bond donors (Lipinski definition) is 2. The molecule has 0 unspecified atom stereocenters. The van der Waals surface area contributed by atoms with E-state index in [0.29, 0.717) is 12.2 Å². The standard InChI is InChI=1S/C16H14N6O3S/c1-9-18-10(8-26-9)7-22-12-5-3-2-4-11(12)14(20-22)15-19-13(21-25-15)6-17-16(23)24/h2-5,8,17H,6-7H2,1H3,(H,23,24). The number of carboxylic acid groups (broad SMARTS) is 1. The molecule has 0 atom stereocenters. The van der Waals surface area contributed by atoms with Crippen molar-refractivity contribution < 1.29 is 14.4 Å². The molecule has 4 rings (SSSR count). The van der Waals surface area contributed by atoms with Gasteiger partial charge in [-0.3, -0.25) is 4.68 Å². The van der Waals surface area contributed by atoms with Crippen molar-refractivity contribution in [1.29, 1.82) is 0 Å². The van der Waals surface area contributed by atoms with E-state index in [1.54, 1.807) is 11.3 Å². The second kappa shape index (κ2) is 6.56. The maximum absolute atomic E-state index is 10.6. The number of aromatic nitrogens is 5. The van der Waals surface area contributed by atoms with Crippen LogP contribution in [0.4, 0.5) is 4.79 Å². The first kappa shape index (κ1) is 16.2. The van der Waals surface area contributed by atoms with E-state index >= 15 is 0 Å². The first-order valence-electron chi connectivity index (χ1n) is 7.76. The molecule has 3 heterocycles. The summed E-state index contributed by atoms with van der Waals surface area (Å²) in [5, 5.41) is 23.2. The summed E-state index contributed by atoms with van der Waals surface area (Å²) in [4.78, 5) is 19.3. The highest BCUT2D eigenvalue weighted by molar-refractivity contribution is 7.09. The highest BCUT2D eigenvalue weighted by atomic mass is 32.1. The molecule has 1 amide bonds. The lowest BCUT2D eigenvalue weighted by Gasteiger charge is -1.99. The predicted octanol–water partition coefficient (Wildman–Crippen LogP) is 2.67. The van der Waals surface area contributed by atoms with Crippen LogP contribution in [0, 0.1) is 6.92 Å². The highest BCUT2D eigenvalue weighted by Crippen LogP contribution is 2.27. The molecule has 0 aliphatic heterocycles. The van der Waals surface area contributed by atoms with Crippen molar-refractivity contribution in [2.45, 2.75) is 20.0 Å². The van der Waals surface area contributed by atoms with Gasteiger partial charge in [-0.25, -0.2) is 9.78 Å². The van der Waals surface area contributed by atoms with Crippen LogP contribution in [-0.4, -0.2) is 36.1 Å². The van der Waals surface area contributed by atoms with E-state index in [9.17, 15) is 4.79 Å². The summed E-state index contributed by atoms with van der Waals surface area (Å²) in [5.41, 5.74) is 2.42. The number of thiazole rings is 1. The minimum Gasteiger partial charge on any atom is -0.465 e. The highest BCUT2D eigenvalue weighted by Gasteiger charge is 2.18. The summed E-state index contributed by atoms with van der Waals surface area (Å²) in [5.74, 6) is 0.493. The molecule has 0 saturated carbocycles. The Morgan fingerprint density at radius 1 is 1.35 bits per heavy atom. The lowest BCUT2D eigenvalue weighted by Crippen LogP contribution is -2.20. The first-order valence-corrected chi connectivity index (χ1v) is 8.64. The van der Waals surface area contributed by atoms with Gasteiger partial charge in [0.05, 0.1) is 29.3 Å². The Morgan fingerprint density at radius 3 is 2.96 bits per heavy atom. The van der Waals surface area contributed by atoms with Crippen molar-refractivity contribution in [3.63, 3.8) is 0 Å². The fraction of sp³-hybridized carbons (Fsp3) is 0.188. The van der Waals surface area contributed by atoms with Gasteiger partial charge in [0.25, 0.3) is 5.89 Å². The third-order valence-electron chi connectivity index (χ3n) is 3.70. The van der Waals surface area contributed by atoms with E-state index in [-0.39, 0.29) is 18.3 Å². The van der Waals surface area contributed by atoms with Crippen LogP contribution in [0.1, 0.15) is 16.5 Å². The number of nitrogens with one attached hydrogen (secondary N) is 1. The fourth-order valence-electron chi connectivity index (χ4n) is 2.62.